The first-order chi connectivity index (χ1) is 12.4. The van der Waals surface area contributed by atoms with Crippen molar-refractivity contribution >= 4 is 74.5 Å². The summed E-state index contributed by atoms with van der Waals surface area (Å²) in [5, 5.41) is 18.2. The monoisotopic (exact) mass is 501 g/mol. The molecule has 0 bridgehead atoms. The third-order valence-electron chi connectivity index (χ3n) is 3.24. The van der Waals surface area contributed by atoms with Crippen LogP contribution in [0.3, 0.4) is 0 Å². The molecule has 1 aromatic heterocycles. The van der Waals surface area contributed by atoms with Crippen LogP contribution in [0.25, 0.3) is 0 Å². The summed E-state index contributed by atoms with van der Waals surface area (Å²) in [5.74, 6) is 0.0955. The van der Waals surface area contributed by atoms with Gasteiger partial charge in [0.1, 0.15) is 6.33 Å². The minimum Gasteiger partial charge on any atom is -0.334 e. The summed E-state index contributed by atoms with van der Waals surface area (Å²) in [6.07, 6.45) is 1.23. The normalized spacial score (nSPS) is 10.4. The van der Waals surface area contributed by atoms with Gasteiger partial charge in [-0.15, -0.1) is 0 Å². The number of nitrogens with zero attached hydrogens (tertiary/aromatic N) is 3. The van der Waals surface area contributed by atoms with E-state index in [1.807, 2.05) is 12.1 Å². The van der Waals surface area contributed by atoms with Crippen molar-refractivity contribution in [3.63, 3.8) is 0 Å². The fraction of sp³-hybridized carbons (Fsp3) is 0. The second-order valence-corrected chi connectivity index (χ2v) is 7.21. The molecular weight excluding hydrogens is 492 g/mol. The molecule has 0 aliphatic rings. The van der Waals surface area contributed by atoms with E-state index in [2.05, 4.69) is 43.2 Å². The van der Waals surface area contributed by atoms with Crippen molar-refractivity contribution in [2.75, 3.05) is 10.6 Å². The maximum Gasteiger partial charge on any atom is 0.353 e. The lowest BCUT2D eigenvalue weighted by Gasteiger charge is -2.10. The molecule has 0 amide bonds. The first kappa shape index (κ1) is 18.6. The number of benzene rings is 2. The highest BCUT2D eigenvalue weighted by Crippen LogP contribution is 2.34. The van der Waals surface area contributed by atoms with Crippen LogP contribution in [-0.2, 0) is 0 Å². The summed E-state index contributed by atoms with van der Waals surface area (Å²) in [5.41, 5.74) is 0.857. The van der Waals surface area contributed by atoms with Gasteiger partial charge in [-0.3, -0.25) is 10.1 Å². The molecule has 0 aliphatic heterocycles. The summed E-state index contributed by atoms with van der Waals surface area (Å²) >= 11 is 14.1. The Kier molecular flexibility index (Phi) is 5.74. The molecule has 0 saturated heterocycles. The van der Waals surface area contributed by atoms with Crippen molar-refractivity contribution in [1.82, 2.24) is 9.97 Å². The van der Waals surface area contributed by atoms with Crippen molar-refractivity contribution in [3.8, 4) is 0 Å². The standard InChI is InChI=1S/C16H10Cl2IN5O2/c17-9-5-10(18)7-13(6-9)23-16-14(24(25)26)15(20-8-21-16)22-12-3-1-11(19)2-4-12/h1-8H,(H2,20,21,22,23). The van der Waals surface area contributed by atoms with Crippen molar-refractivity contribution in [1.29, 1.82) is 0 Å². The van der Waals surface area contributed by atoms with Gasteiger partial charge >= 0.3 is 5.69 Å². The van der Waals surface area contributed by atoms with Gasteiger partial charge in [0.15, 0.2) is 0 Å². The molecule has 0 saturated carbocycles. The Morgan fingerprint density at radius 3 is 2.00 bits per heavy atom. The molecule has 2 aromatic carbocycles. The highest BCUT2D eigenvalue weighted by molar-refractivity contribution is 14.1. The van der Waals surface area contributed by atoms with Gasteiger partial charge < -0.3 is 10.6 Å². The lowest BCUT2D eigenvalue weighted by Crippen LogP contribution is -2.05. The van der Waals surface area contributed by atoms with Crippen LogP contribution in [0.15, 0.2) is 48.8 Å². The van der Waals surface area contributed by atoms with E-state index in [4.69, 9.17) is 23.2 Å². The van der Waals surface area contributed by atoms with Crippen LogP contribution in [0.1, 0.15) is 0 Å². The third-order valence-corrected chi connectivity index (χ3v) is 4.39. The summed E-state index contributed by atoms with van der Waals surface area (Å²) in [7, 11) is 0. The lowest BCUT2D eigenvalue weighted by molar-refractivity contribution is -0.383. The smallest absolute Gasteiger partial charge is 0.334 e. The fourth-order valence-electron chi connectivity index (χ4n) is 2.17. The van der Waals surface area contributed by atoms with Crippen molar-refractivity contribution < 1.29 is 4.92 Å². The molecule has 132 valence electrons. The van der Waals surface area contributed by atoms with Crippen LogP contribution < -0.4 is 10.6 Å². The quantitative estimate of drug-likeness (QED) is 0.261. The van der Waals surface area contributed by atoms with Crippen LogP contribution in [0, 0.1) is 13.7 Å². The van der Waals surface area contributed by atoms with Crippen LogP contribution in [0.5, 0.6) is 0 Å². The lowest BCUT2D eigenvalue weighted by atomic mass is 10.3. The largest absolute Gasteiger partial charge is 0.353 e. The Labute approximate surface area is 172 Å². The van der Waals surface area contributed by atoms with Gasteiger partial charge in [-0.05, 0) is 65.1 Å². The van der Waals surface area contributed by atoms with Crippen LogP contribution in [-0.4, -0.2) is 14.9 Å². The van der Waals surface area contributed by atoms with E-state index in [1.165, 1.54) is 6.33 Å². The van der Waals surface area contributed by atoms with E-state index in [-0.39, 0.29) is 17.3 Å². The van der Waals surface area contributed by atoms with E-state index >= 15 is 0 Å². The number of rotatable bonds is 5. The number of hydrogen-bond donors (Lipinski definition) is 2. The van der Waals surface area contributed by atoms with E-state index in [9.17, 15) is 10.1 Å². The number of anilines is 4. The SMILES string of the molecule is O=[N+]([O-])c1c(Nc2ccc(I)cc2)ncnc1Nc1cc(Cl)cc(Cl)c1. The Morgan fingerprint density at radius 1 is 0.923 bits per heavy atom. The van der Waals surface area contributed by atoms with Gasteiger partial charge in [0.05, 0.1) is 4.92 Å². The topological polar surface area (TPSA) is 93.0 Å². The molecule has 0 radical (unpaired) electrons. The van der Waals surface area contributed by atoms with E-state index < -0.39 is 4.92 Å². The zero-order chi connectivity index (χ0) is 18.7. The van der Waals surface area contributed by atoms with Crippen LogP contribution in [0.4, 0.5) is 28.7 Å². The molecule has 0 atom stereocenters. The van der Waals surface area contributed by atoms with Gasteiger partial charge in [-0.2, -0.15) is 0 Å². The summed E-state index contributed by atoms with van der Waals surface area (Å²) in [6, 6.07) is 12.1. The molecule has 0 spiro atoms. The van der Waals surface area contributed by atoms with Crippen LogP contribution in [0.2, 0.25) is 10.0 Å². The molecule has 0 unspecified atom stereocenters. The maximum atomic E-state index is 11.6. The van der Waals surface area contributed by atoms with Crippen molar-refractivity contribution in [3.05, 3.63) is 72.5 Å². The predicted octanol–water partition coefficient (Wildman–Crippen LogP) is 5.78. The van der Waals surface area contributed by atoms with Gasteiger partial charge in [-0.25, -0.2) is 9.97 Å². The molecule has 0 aliphatic carbocycles. The molecule has 1 heterocycles. The number of halogens is 3. The Hall–Kier alpha value is -2.17. The molecule has 7 nitrogen and oxygen atoms in total. The molecule has 2 N–H and O–H groups in total. The summed E-state index contributed by atoms with van der Waals surface area (Å²) < 4.78 is 1.05. The average Bonchev–Trinajstić information content (AvgIpc) is 2.56. The first-order valence-electron chi connectivity index (χ1n) is 7.17. The number of nitrogens with one attached hydrogen (secondary N) is 2. The Bertz CT molecular complexity index is 949. The number of aromatic nitrogens is 2. The van der Waals surface area contributed by atoms with Gasteiger partial charge in [0.2, 0.25) is 11.6 Å². The van der Waals surface area contributed by atoms with E-state index in [1.54, 1.807) is 30.3 Å². The summed E-state index contributed by atoms with van der Waals surface area (Å²) in [4.78, 5) is 19.0. The molecule has 3 aromatic rings. The van der Waals surface area contributed by atoms with Gasteiger partial charge in [0, 0.05) is 25.0 Å². The second kappa shape index (κ2) is 8.02. The second-order valence-electron chi connectivity index (χ2n) is 5.09. The molecule has 26 heavy (non-hydrogen) atoms. The van der Waals surface area contributed by atoms with Gasteiger partial charge in [0.25, 0.3) is 0 Å². The molecule has 0 fully saturated rings. The zero-order valence-corrected chi connectivity index (χ0v) is 16.6. The minimum atomic E-state index is -0.552. The zero-order valence-electron chi connectivity index (χ0n) is 12.9. The Balaban J connectivity index is 1.98. The Morgan fingerprint density at radius 2 is 1.46 bits per heavy atom. The first-order valence-corrected chi connectivity index (χ1v) is 9.01. The molecule has 10 heteroatoms. The fourth-order valence-corrected chi connectivity index (χ4v) is 3.05. The molecular formula is C16H10Cl2IN5O2. The van der Waals surface area contributed by atoms with E-state index in [0.717, 1.165) is 3.57 Å². The van der Waals surface area contributed by atoms with Crippen molar-refractivity contribution in [2.45, 2.75) is 0 Å². The highest BCUT2D eigenvalue weighted by Gasteiger charge is 2.23. The van der Waals surface area contributed by atoms with Crippen molar-refractivity contribution in [2.24, 2.45) is 0 Å². The van der Waals surface area contributed by atoms with Gasteiger partial charge in [-0.1, -0.05) is 23.2 Å². The maximum absolute atomic E-state index is 11.6. The number of hydrogen-bond acceptors (Lipinski definition) is 6. The van der Waals surface area contributed by atoms with E-state index in [0.29, 0.717) is 21.4 Å². The van der Waals surface area contributed by atoms with Crippen LogP contribution >= 0.6 is 45.8 Å². The summed E-state index contributed by atoms with van der Waals surface area (Å²) in [6.45, 7) is 0. The predicted molar refractivity (Wildman–Crippen MR) is 111 cm³/mol. The highest BCUT2D eigenvalue weighted by atomic mass is 127. The minimum absolute atomic E-state index is 0.0244. The number of nitro groups is 1. The molecule has 3 rings (SSSR count). The third kappa shape index (κ3) is 4.51. The average molecular weight is 502 g/mol.